The van der Waals surface area contributed by atoms with E-state index in [1.54, 1.807) is 6.07 Å². The molecule has 0 aliphatic rings. The summed E-state index contributed by atoms with van der Waals surface area (Å²) in [6, 6.07) is 11.2. The molecular formula is C14H13IN2O. The van der Waals surface area contributed by atoms with Gasteiger partial charge in [-0.15, -0.1) is 0 Å². The molecule has 2 rings (SSSR count). The lowest BCUT2D eigenvalue weighted by Gasteiger charge is -2.08. The van der Waals surface area contributed by atoms with Gasteiger partial charge in [0.05, 0.1) is 5.56 Å². The molecule has 2 aromatic rings. The summed E-state index contributed by atoms with van der Waals surface area (Å²) in [4.78, 5) is 16.4. The van der Waals surface area contributed by atoms with Crippen LogP contribution in [0, 0.1) is 17.4 Å². The molecule has 3 nitrogen and oxygen atoms in total. The van der Waals surface area contributed by atoms with E-state index in [0.29, 0.717) is 11.4 Å². The molecule has 1 aromatic heterocycles. The first-order valence-electron chi connectivity index (χ1n) is 5.58. The van der Waals surface area contributed by atoms with Gasteiger partial charge in [0, 0.05) is 9.26 Å². The Labute approximate surface area is 120 Å². The van der Waals surface area contributed by atoms with Gasteiger partial charge in [-0.3, -0.25) is 4.79 Å². The van der Waals surface area contributed by atoms with Gasteiger partial charge in [0.15, 0.2) is 0 Å². The number of hydrogen-bond donors (Lipinski definition) is 1. The monoisotopic (exact) mass is 352 g/mol. The molecular weight excluding hydrogens is 339 g/mol. The highest BCUT2D eigenvalue weighted by molar-refractivity contribution is 14.1. The van der Waals surface area contributed by atoms with E-state index in [2.05, 4.69) is 32.9 Å². The van der Waals surface area contributed by atoms with Crippen LogP contribution in [-0.4, -0.2) is 10.9 Å². The highest BCUT2D eigenvalue weighted by Gasteiger charge is 2.11. The average Bonchev–Trinajstić information content (AvgIpc) is 2.32. The normalized spacial score (nSPS) is 10.2. The molecule has 1 heterocycles. The van der Waals surface area contributed by atoms with Crippen molar-refractivity contribution < 1.29 is 4.79 Å². The maximum atomic E-state index is 12.1. The summed E-state index contributed by atoms with van der Waals surface area (Å²) in [7, 11) is 0. The van der Waals surface area contributed by atoms with Crippen LogP contribution in [0.5, 0.6) is 0 Å². The van der Waals surface area contributed by atoms with Crippen molar-refractivity contribution in [3.63, 3.8) is 0 Å². The SMILES string of the molecule is Cc1cccc(NC(=O)c2cccc(C)c2I)n1. The Morgan fingerprint density at radius 2 is 1.89 bits per heavy atom. The van der Waals surface area contributed by atoms with Crippen molar-refractivity contribution in [2.24, 2.45) is 0 Å². The van der Waals surface area contributed by atoms with Crippen LogP contribution in [0.2, 0.25) is 0 Å². The second-order valence-corrected chi connectivity index (χ2v) is 5.13. The third kappa shape index (κ3) is 2.87. The number of nitrogens with one attached hydrogen (secondary N) is 1. The average molecular weight is 352 g/mol. The van der Waals surface area contributed by atoms with Gasteiger partial charge in [0.2, 0.25) is 0 Å². The lowest BCUT2D eigenvalue weighted by Crippen LogP contribution is -2.15. The molecule has 1 N–H and O–H groups in total. The lowest BCUT2D eigenvalue weighted by molar-refractivity contribution is 0.102. The number of amides is 1. The third-order valence-corrected chi connectivity index (χ3v) is 4.00. The van der Waals surface area contributed by atoms with Gasteiger partial charge in [-0.2, -0.15) is 0 Å². The minimum Gasteiger partial charge on any atom is -0.307 e. The van der Waals surface area contributed by atoms with Gasteiger partial charge in [0.1, 0.15) is 5.82 Å². The molecule has 0 aliphatic carbocycles. The molecule has 0 radical (unpaired) electrons. The molecule has 0 saturated carbocycles. The van der Waals surface area contributed by atoms with E-state index in [1.807, 2.05) is 44.2 Å². The Morgan fingerprint density at radius 3 is 2.61 bits per heavy atom. The van der Waals surface area contributed by atoms with Crippen molar-refractivity contribution in [3.8, 4) is 0 Å². The number of aryl methyl sites for hydroxylation is 2. The number of nitrogens with zero attached hydrogens (tertiary/aromatic N) is 1. The zero-order valence-electron chi connectivity index (χ0n) is 10.2. The van der Waals surface area contributed by atoms with Crippen molar-refractivity contribution in [2.45, 2.75) is 13.8 Å². The van der Waals surface area contributed by atoms with Gasteiger partial charge in [-0.1, -0.05) is 18.2 Å². The van der Waals surface area contributed by atoms with Crippen molar-refractivity contribution >= 4 is 34.3 Å². The van der Waals surface area contributed by atoms with Crippen LogP contribution in [-0.2, 0) is 0 Å². The van der Waals surface area contributed by atoms with E-state index in [0.717, 1.165) is 14.8 Å². The van der Waals surface area contributed by atoms with Crippen molar-refractivity contribution in [2.75, 3.05) is 5.32 Å². The Morgan fingerprint density at radius 1 is 1.17 bits per heavy atom. The Balaban J connectivity index is 2.25. The summed E-state index contributed by atoms with van der Waals surface area (Å²) in [6.07, 6.45) is 0. The second-order valence-electron chi connectivity index (χ2n) is 4.05. The molecule has 1 aromatic carbocycles. The number of carbonyl (C=O) groups excluding carboxylic acids is 1. The van der Waals surface area contributed by atoms with Gasteiger partial charge >= 0.3 is 0 Å². The molecule has 0 unspecified atom stereocenters. The van der Waals surface area contributed by atoms with Crippen LogP contribution < -0.4 is 5.32 Å². The van der Waals surface area contributed by atoms with Gasteiger partial charge in [-0.05, 0) is 60.2 Å². The van der Waals surface area contributed by atoms with E-state index in [-0.39, 0.29) is 5.91 Å². The predicted molar refractivity (Wildman–Crippen MR) is 80.8 cm³/mol. The number of aromatic nitrogens is 1. The zero-order chi connectivity index (χ0) is 13.1. The highest BCUT2D eigenvalue weighted by Crippen LogP contribution is 2.17. The number of pyridine rings is 1. The first kappa shape index (κ1) is 13.0. The number of anilines is 1. The molecule has 0 saturated heterocycles. The van der Waals surface area contributed by atoms with Crippen LogP contribution in [0.25, 0.3) is 0 Å². The third-order valence-electron chi connectivity index (χ3n) is 2.57. The van der Waals surface area contributed by atoms with Crippen molar-refractivity contribution in [3.05, 3.63) is 56.8 Å². The topological polar surface area (TPSA) is 42.0 Å². The second kappa shape index (κ2) is 5.48. The van der Waals surface area contributed by atoms with Crippen LogP contribution in [0.4, 0.5) is 5.82 Å². The summed E-state index contributed by atoms with van der Waals surface area (Å²) < 4.78 is 0.972. The van der Waals surface area contributed by atoms with E-state index >= 15 is 0 Å². The summed E-state index contributed by atoms with van der Waals surface area (Å²) in [5.74, 6) is 0.457. The predicted octanol–water partition coefficient (Wildman–Crippen LogP) is 3.56. The Bertz CT molecular complexity index is 596. The molecule has 92 valence electrons. The largest absolute Gasteiger partial charge is 0.307 e. The molecule has 0 spiro atoms. The fraction of sp³-hybridized carbons (Fsp3) is 0.143. The summed E-state index contributed by atoms with van der Waals surface area (Å²) in [5.41, 5.74) is 2.66. The van der Waals surface area contributed by atoms with Gasteiger partial charge in [0.25, 0.3) is 5.91 Å². The number of benzene rings is 1. The summed E-state index contributed by atoms with van der Waals surface area (Å²) in [6.45, 7) is 3.88. The highest BCUT2D eigenvalue weighted by atomic mass is 127. The van der Waals surface area contributed by atoms with Crippen molar-refractivity contribution in [1.29, 1.82) is 0 Å². The van der Waals surface area contributed by atoms with Gasteiger partial charge in [-0.25, -0.2) is 4.98 Å². The lowest BCUT2D eigenvalue weighted by atomic mass is 10.1. The fourth-order valence-electron chi connectivity index (χ4n) is 1.62. The summed E-state index contributed by atoms with van der Waals surface area (Å²) in [5, 5.41) is 2.81. The number of rotatable bonds is 2. The van der Waals surface area contributed by atoms with Crippen molar-refractivity contribution in [1.82, 2.24) is 4.98 Å². The molecule has 18 heavy (non-hydrogen) atoms. The van der Waals surface area contributed by atoms with E-state index in [4.69, 9.17) is 0 Å². The van der Waals surface area contributed by atoms with Crippen LogP contribution >= 0.6 is 22.6 Å². The van der Waals surface area contributed by atoms with Crippen LogP contribution in [0.1, 0.15) is 21.6 Å². The standard InChI is InChI=1S/C14H13IN2O/c1-9-5-3-7-11(13(9)15)14(18)17-12-8-4-6-10(2)16-12/h3-8H,1-2H3,(H,16,17,18). The Hall–Kier alpha value is -1.43. The molecule has 0 aliphatic heterocycles. The Kier molecular flexibility index (Phi) is 3.96. The van der Waals surface area contributed by atoms with Gasteiger partial charge < -0.3 is 5.32 Å². The maximum Gasteiger partial charge on any atom is 0.257 e. The number of hydrogen-bond acceptors (Lipinski definition) is 2. The first-order valence-corrected chi connectivity index (χ1v) is 6.66. The fourth-order valence-corrected chi connectivity index (χ4v) is 2.22. The zero-order valence-corrected chi connectivity index (χ0v) is 12.4. The maximum absolute atomic E-state index is 12.1. The first-order chi connectivity index (χ1) is 8.58. The summed E-state index contributed by atoms with van der Waals surface area (Å²) >= 11 is 2.19. The van der Waals surface area contributed by atoms with E-state index in [9.17, 15) is 4.79 Å². The quantitative estimate of drug-likeness (QED) is 0.840. The van der Waals surface area contributed by atoms with E-state index < -0.39 is 0 Å². The molecule has 1 amide bonds. The molecule has 4 heteroatoms. The van der Waals surface area contributed by atoms with Crippen LogP contribution in [0.3, 0.4) is 0 Å². The molecule has 0 bridgehead atoms. The molecule has 0 atom stereocenters. The number of carbonyl (C=O) groups is 1. The molecule has 0 fully saturated rings. The minimum atomic E-state index is -0.124. The smallest absolute Gasteiger partial charge is 0.257 e. The number of halogens is 1. The van der Waals surface area contributed by atoms with Crippen LogP contribution in [0.15, 0.2) is 36.4 Å². The van der Waals surface area contributed by atoms with E-state index in [1.165, 1.54) is 0 Å². The minimum absolute atomic E-state index is 0.124.